The lowest BCUT2D eigenvalue weighted by Gasteiger charge is -2.23. The van der Waals surface area contributed by atoms with E-state index in [-0.39, 0.29) is 35.2 Å². The van der Waals surface area contributed by atoms with Gasteiger partial charge in [-0.1, -0.05) is 19.9 Å². The van der Waals surface area contributed by atoms with Crippen LogP contribution < -0.4 is 4.90 Å². The van der Waals surface area contributed by atoms with E-state index in [4.69, 9.17) is 14.2 Å². The molecule has 2 fully saturated rings. The standard InChI is InChI=1S/C22H29FN2O8S/c1-12(2)8-18(26)31-11-32-21(29)24(3)17-10-25(22(30)33-17)13-4-5-14(16(23)9-13)15-6-7-34-20(28)19(15)27/h4-5,9,12,15,17H,6-8,10-11H2,1-3H3,34H4/t15?,17-/m0/s1. The minimum Gasteiger partial charge on any atom is -0.428 e. The number of benzene rings is 1. The lowest BCUT2D eigenvalue weighted by atomic mass is 9.91. The summed E-state index contributed by atoms with van der Waals surface area (Å²) in [5.74, 6) is -1.79. The Hall–Kier alpha value is -3.15. The van der Waals surface area contributed by atoms with Crippen molar-refractivity contribution in [2.75, 3.05) is 31.0 Å². The van der Waals surface area contributed by atoms with Crippen molar-refractivity contribution in [2.24, 2.45) is 5.92 Å². The summed E-state index contributed by atoms with van der Waals surface area (Å²) < 4.78 is 29.7. The minimum atomic E-state index is -1.07. The van der Waals surface area contributed by atoms with E-state index in [1.807, 2.05) is 13.8 Å². The fourth-order valence-corrected chi connectivity index (χ4v) is 5.22. The van der Waals surface area contributed by atoms with Gasteiger partial charge < -0.3 is 14.2 Å². The van der Waals surface area contributed by atoms with E-state index < -0.39 is 60.5 Å². The van der Waals surface area contributed by atoms with Crippen molar-refractivity contribution < 1.29 is 42.6 Å². The quantitative estimate of drug-likeness (QED) is 0.317. The molecule has 2 aliphatic rings. The van der Waals surface area contributed by atoms with Gasteiger partial charge in [0.1, 0.15) is 5.82 Å². The first-order chi connectivity index (χ1) is 16.1. The van der Waals surface area contributed by atoms with Gasteiger partial charge in [0.2, 0.25) is 17.7 Å². The van der Waals surface area contributed by atoms with Gasteiger partial charge in [-0.3, -0.25) is 35.9 Å². The highest BCUT2D eigenvalue weighted by Gasteiger charge is 2.38. The van der Waals surface area contributed by atoms with Gasteiger partial charge in [-0.25, -0.2) is 14.0 Å². The first-order valence-electron chi connectivity index (χ1n) is 11.0. The molecular formula is C22H29FN2O8S. The second-order valence-electron chi connectivity index (χ2n) is 8.64. The van der Waals surface area contributed by atoms with Crippen LogP contribution in [0.4, 0.5) is 19.7 Å². The predicted octanol–water partition coefficient (Wildman–Crippen LogP) is 1.97. The first kappa shape index (κ1) is 25.5. The molecule has 10 nitrogen and oxygen atoms in total. The van der Waals surface area contributed by atoms with Crippen LogP contribution >= 0.6 is 11.8 Å². The highest BCUT2D eigenvalue weighted by Crippen LogP contribution is 2.34. The molecule has 2 heterocycles. The SMILES string of the molecule is CC(C)CC(=O)OCOC(=O)N(C)[C@@H]1CN(c2ccc(C3CC[SH4]C(=O)C3=O)c(F)c2)C(=O)O1. The van der Waals surface area contributed by atoms with Crippen LogP contribution in [0.2, 0.25) is 0 Å². The molecule has 0 radical (unpaired) electrons. The van der Waals surface area contributed by atoms with Gasteiger partial charge in [0.25, 0.3) is 0 Å². The molecule has 0 bridgehead atoms. The number of ketones is 1. The molecule has 0 spiro atoms. The maximum absolute atomic E-state index is 14.8. The lowest BCUT2D eigenvalue weighted by molar-refractivity contribution is -0.153. The minimum absolute atomic E-state index is 0.0944. The predicted molar refractivity (Wildman–Crippen MR) is 124 cm³/mol. The second-order valence-corrected chi connectivity index (χ2v) is 10.5. The van der Waals surface area contributed by atoms with Crippen molar-refractivity contribution in [3.63, 3.8) is 0 Å². The number of hydrogen-bond donors (Lipinski definition) is 0. The van der Waals surface area contributed by atoms with Crippen molar-refractivity contribution in [2.45, 2.75) is 38.8 Å². The average Bonchev–Trinajstić information content (AvgIpc) is 3.16. The van der Waals surface area contributed by atoms with E-state index in [0.717, 1.165) is 15.9 Å². The molecule has 2 aliphatic heterocycles. The van der Waals surface area contributed by atoms with E-state index in [9.17, 15) is 28.4 Å². The molecule has 1 aromatic carbocycles. The van der Waals surface area contributed by atoms with E-state index in [1.165, 1.54) is 19.2 Å². The summed E-state index contributed by atoms with van der Waals surface area (Å²) >= 11 is -1.07. The molecule has 34 heavy (non-hydrogen) atoms. The summed E-state index contributed by atoms with van der Waals surface area (Å²) in [7, 11) is 1.35. The number of amides is 2. The number of ether oxygens (including phenoxy) is 3. The number of carbonyl (C=O) groups excluding carboxylic acids is 5. The number of esters is 1. The molecule has 0 saturated carbocycles. The van der Waals surface area contributed by atoms with Crippen molar-refractivity contribution in [1.82, 2.24) is 4.90 Å². The molecular weight excluding hydrogens is 471 g/mol. The first-order valence-corrected chi connectivity index (χ1v) is 12.7. The fraction of sp³-hybridized carbons (Fsp3) is 0.500. The number of Topliss-reactive ketones (excluding diaryl/α,β-unsaturated/α-hetero) is 1. The van der Waals surface area contributed by atoms with Gasteiger partial charge in [-0.15, -0.1) is 0 Å². The Balaban J connectivity index is 1.60. The van der Waals surface area contributed by atoms with Gasteiger partial charge in [0, 0.05) is 13.5 Å². The summed E-state index contributed by atoms with van der Waals surface area (Å²) in [6, 6.07) is 3.98. The van der Waals surface area contributed by atoms with E-state index in [0.29, 0.717) is 12.2 Å². The van der Waals surface area contributed by atoms with Crippen LogP contribution in [0, 0.1) is 11.7 Å². The zero-order chi connectivity index (χ0) is 25.0. The van der Waals surface area contributed by atoms with Gasteiger partial charge >= 0.3 is 18.2 Å². The van der Waals surface area contributed by atoms with Crippen LogP contribution in [-0.2, 0) is 28.6 Å². The monoisotopic (exact) mass is 500 g/mol. The smallest absolute Gasteiger partial charge is 0.416 e. The third-order valence-corrected chi connectivity index (χ3v) is 7.22. The molecule has 12 heteroatoms. The number of hydrogen-bond acceptors (Lipinski definition) is 8. The zero-order valence-corrected chi connectivity index (χ0v) is 20.7. The highest BCUT2D eigenvalue weighted by molar-refractivity contribution is 8.15. The Morgan fingerprint density at radius 3 is 2.68 bits per heavy atom. The van der Waals surface area contributed by atoms with Crippen molar-refractivity contribution >= 4 is 46.5 Å². The number of nitrogens with zero attached hydrogens (tertiary/aromatic N) is 2. The van der Waals surface area contributed by atoms with E-state index in [2.05, 4.69) is 0 Å². The number of anilines is 1. The molecule has 188 valence electrons. The van der Waals surface area contributed by atoms with Gasteiger partial charge in [0.15, 0.2) is 6.23 Å². The number of halogens is 1. The number of cyclic esters (lactones) is 1. The van der Waals surface area contributed by atoms with E-state index >= 15 is 0 Å². The zero-order valence-electron chi connectivity index (χ0n) is 19.2. The van der Waals surface area contributed by atoms with Crippen LogP contribution in [0.5, 0.6) is 0 Å². The molecule has 0 aliphatic carbocycles. The lowest BCUT2D eigenvalue weighted by Crippen LogP contribution is -2.40. The van der Waals surface area contributed by atoms with Crippen LogP contribution in [-0.4, -0.2) is 66.3 Å². The summed E-state index contributed by atoms with van der Waals surface area (Å²) in [6.07, 6.45) is -2.06. The van der Waals surface area contributed by atoms with Crippen LogP contribution in [0.3, 0.4) is 0 Å². The third-order valence-electron chi connectivity index (χ3n) is 5.65. The molecule has 2 atom stereocenters. The second kappa shape index (κ2) is 10.9. The number of likely N-dealkylation sites (N-methyl/N-ethyl adjacent to an activating group) is 1. The molecule has 1 unspecified atom stereocenters. The topological polar surface area (TPSA) is 120 Å². The molecule has 1 aromatic rings. The fourth-order valence-electron chi connectivity index (χ4n) is 3.80. The van der Waals surface area contributed by atoms with Crippen molar-refractivity contribution in [3.05, 3.63) is 29.6 Å². The highest BCUT2D eigenvalue weighted by atomic mass is 32.2. The van der Waals surface area contributed by atoms with Gasteiger partial charge in [-0.2, -0.15) is 0 Å². The van der Waals surface area contributed by atoms with Crippen LogP contribution in [0.25, 0.3) is 0 Å². The normalized spacial score (nSPS) is 20.6. The Bertz CT molecular complexity index is 1000. The number of carbonyl (C=O) groups is 5. The summed E-state index contributed by atoms with van der Waals surface area (Å²) in [4.78, 5) is 62.2. The summed E-state index contributed by atoms with van der Waals surface area (Å²) in [5, 5.41) is -0.365. The van der Waals surface area contributed by atoms with Crippen LogP contribution in [0.15, 0.2) is 18.2 Å². The maximum atomic E-state index is 14.8. The van der Waals surface area contributed by atoms with Crippen LogP contribution in [0.1, 0.15) is 38.2 Å². The largest absolute Gasteiger partial charge is 0.428 e. The Labute approximate surface area is 199 Å². The molecule has 2 saturated heterocycles. The van der Waals surface area contributed by atoms with E-state index in [1.54, 1.807) is 0 Å². The Morgan fingerprint density at radius 1 is 1.26 bits per heavy atom. The molecule has 3 rings (SSSR count). The Morgan fingerprint density at radius 2 is 2.00 bits per heavy atom. The van der Waals surface area contributed by atoms with Gasteiger partial charge in [-0.05, 0) is 35.8 Å². The molecule has 0 N–H and O–H groups in total. The van der Waals surface area contributed by atoms with Gasteiger partial charge in [0.05, 0.1) is 18.2 Å². The third kappa shape index (κ3) is 5.85. The maximum Gasteiger partial charge on any atom is 0.416 e. The average molecular weight is 501 g/mol. The van der Waals surface area contributed by atoms with Crippen molar-refractivity contribution in [3.8, 4) is 0 Å². The van der Waals surface area contributed by atoms with Crippen molar-refractivity contribution in [1.29, 1.82) is 0 Å². The summed E-state index contributed by atoms with van der Waals surface area (Å²) in [5.41, 5.74) is 0.315. The number of rotatable bonds is 7. The Kier molecular flexibility index (Phi) is 8.13. The molecule has 2 amide bonds. The molecule has 0 aromatic heterocycles. The summed E-state index contributed by atoms with van der Waals surface area (Å²) in [6.45, 7) is 3.02.